The molecule has 0 aliphatic rings. The van der Waals surface area contributed by atoms with Crippen molar-refractivity contribution >= 4 is 69.5 Å². The Labute approximate surface area is 268 Å². The molecule has 8 nitrogen and oxygen atoms in total. The largest absolute Gasteiger partial charge is 0.493 e. The lowest BCUT2D eigenvalue weighted by atomic mass is 10.1. The molecule has 4 aromatic carbocycles. The second kappa shape index (κ2) is 15.3. The van der Waals surface area contributed by atoms with Crippen LogP contribution in [-0.4, -0.2) is 37.2 Å². The summed E-state index contributed by atoms with van der Waals surface area (Å²) in [5, 5.41) is 8.15. The van der Waals surface area contributed by atoms with Gasteiger partial charge in [-0.2, -0.15) is 0 Å². The second-order valence-electron chi connectivity index (χ2n) is 9.23. The van der Waals surface area contributed by atoms with Gasteiger partial charge in [0.25, 0.3) is 11.8 Å². The average Bonchev–Trinajstić information content (AvgIpc) is 3.02. The fraction of sp³-hybridized carbons (Fsp3) is 0.121. The summed E-state index contributed by atoms with van der Waals surface area (Å²) in [6, 6.07) is 28.6. The van der Waals surface area contributed by atoms with Gasteiger partial charge in [-0.05, 0) is 114 Å². The number of anilines is 2. The van der Waals surface area contributed by atoms with Crippen molar-refractivity contribution in [3.05, 3.63) is 117 Å². The summed E-state index contributed by atoms with van der Waals surface area (Å²) in [4.78, 5) is 39.9. The minimum Gasteiger partial charge on any atom is -0.493 e. The number of nitrogens with one attached hydrogen (secondary N) is 3. The summed E-state index contributed by atoms with van der Waals surface area (Å²) in [6.07, 6.45) is 1.57. The zero-order valence-electron chi connectivity index (χ0n) is 23.7. The molecule has 0 spiro atoms. The summed E-state index contributed by atoms with van der Waals surface area (Å²) in [5.41, 5.74) is 2.35. The van der Waals surface area contributed by atoms with Crippen LogP contribution in [0.25, 0.3) is 6.08 Å². The summed E-state index contributed by atoms with van der Waals surface area (Å²) in [7, 11) is 3.06. The Bertz CT molecular complexity index is 1610. The Morgan fingerprint density at radius 3 is 2.07 bits per heavy atom. The van der Waals surface area contributed by atoms with Gasteiger partial charge in [0.15, 0.2) is 11.5 Å². The third-order valence-electron chi connectivity index (χ3n) is 6.15. The maximum atomic E-state index is 13.4. The molecule has 220 valence electrons. The zero-order chi connectivity index (χ0) is 30.8. The number of benzene rings is 4. The van der Waals surface area contributed by atoms with Crippen LogP contribution in [-0.2, 0) is 9.59 Å². The van der Waals surface area contributed by atoms with Crippen LogP contribution in [0.4, 0.5) is 11.4 Å². The summed E-state index contributed by atoms with van der Waals surface area (Å²) in [5.74, 6) is -0.0160. The van der Waals surface area contributed by atoms with E-state index in [-0.39, 0.29) is 16.9 Å². The average molecular weight is 708 g/mol. The Kier molecular flexibility index (Phi) is 11.2. The molecule has 0 fully saturated rings. The van der Waals surface area contributed by atoms with Gasteiger partial charge >= 0.3 is 0 Å². The highest BCUT2D eigenvalue weighted by atomic mass is 127. The van der Waals surface area contributed by atoms with Gasteiger partial charge in [0.2, 0.25) is 5.91 Å². The molecule has 0 aliphatic carbocycles. The molecule has 3 N–H and O–H groups in total. The van der Waals surface area contributed by atoms with E-state index < -0.39 is 11.8 Å². The Balaban J connectivity index is 1.47. The predicted octanol–water partition coefficient (Wildman–Crippen LogP) is 6.84. The molecule has 43 heavy (non-hydrogen) atoms. The van der Waals surface area contributed by atoms with E-state index in [2.05, 4.69) is 38.5 Å². The monoisotopic (exact) mass is 707 g/mol. The van der Waals surface area contributed by atoms with Crippen molar-refractivity contribution < 1.29 is 23.9 Å². The number of methoxy groups -OCH3 is 2. The molecule has 0 saturated heterocycles. The number of ether oxygens (including phenoxy) is 2. The van der Waals surface area contributed by atoms with E-state index in [0.717, 1.165) is 14.2 Å². The number of thioether (sulfide) groups is 1. The Morgan fingerprint density at radius 2 is 1.42 bits per heavy atom. The standard InChI is InChI=1S/C33H30IN3O5S/c1-21(31(38)35-25-12-10-24(34)11-13-25)43-27-16-14-26(15-17-27)36-33(40)28(37-32(39)23-7-5-4-6-8-23)19-22-9-18-29(41-2)30(20-22)42-3/h4-21H,1-3H3,(H,35,38)(H,36,40)(H,37,39)/b28-19-. The van der Waals surface area contributed by atoms with Gasteiger partial charge < -0.3 is 25.4 Å². The van der Waals surface area contributed by atoms with Crippen molar-refractivity contribution in [3.63, 3.8) is 0 Å². The number of amides is 3. The smallest absolute Gasteiger partial charge is 0.272 e. The van der Waals surface area contributed by atoms with Crippen LogP contribution in [0.5, 0.6) is 11.5 Å². The van der Waals surface area contributed by atoms with Crippen LogP contribution in [0.3, 0.4) is 0 Å². The van der Waals surface area contributed by atoms with Crippen LogP contribution >= 0.6 is 34.4 Å². The quantitative estimate of drug-likeness (QED) is 0.0897. The zero-order valence-corrected chi connectivity index (χ0v) is 26.7. The van der Waals surface area contributed by atoms with E-state index in [1.807, 2.05) is 49.4 Å². The second-order valence-corrected chi connectivity index (χ2v) is 11.9. The summed E-state index contributed by atoms with van der Waals surface area (Å²) < 4.78 is 11.8. The topological polar surface area (TPSA) is 106 Å². The lowest BCUT2D eigenvalue weighted by molar-refractivity contribution is -0.115. The molecule has 0 aromatic heterocycles. The highest BCUT2D eigenvalue weighted by Crippen LogP contribution is 2.29. The minimum absolute atomic E-state index is 0.0421. The van der Waals surface area contributed by atoms with E-state index in [9.17, 15) is 14.4 Å². The maximum absolute atomic E-state index is 13.4. The lowest BCUT2D eigenvalue weighted by Gasteiger charge is -2.14. The van der Waals surface area contributed by atoms with Gasteiger partial charge in [-0.3, -0.25) is 14.4 Å². The number of halogens is 1. The van der Waals surface area contributed by atoms with E-state index >= 15 is 0 Å². The van der Waals surface area contributed by atoms with Gasteiger partial charge in [0, 0.05) is 25.4 Å². The fourth-order valence-electron chi connectivity index (χ4n) is 3.90. The first-order valence-corrected chi connectivity index (χ1v) is 15.2. The SMILES string of the molecule is COc1ccc(/C=C(\NC(=O)c2ccccc2)C(=O)Nc2ccc(SC(C)C(=O)Nc3ccc(I)cc3)cc2)cc1OC. The maximum Gasteiger partial charge on any atom is 0.272 e. The molecule has 0 bridgehead atoms. The van der Waals surface area contributed by atoms with Gasteiger partial charge in [0.1, 0.15) is 5.70 Å². The number of rotatable bonds is 11. The predicted molar refractivity (Wildman–Crippen MR) is 180 cm³/mol. The molecule has 0 saturated carbocycles. The van der Waals surface area contributed by atoms with Crippen molar-refractivity contribution in [2.24, 2.45) is 0 Å². The van der Waals surface area contributed by atoms with Crippen molar-refractivity contribution in [3.8, 4) is 11.5 Å². The lowest BCUT2D eigenvalue weighted by Crippen LogP contribution is -2.30. The molecule has 1 unspecified atom stereocenters. The number of hydrogen-bond acceptors (Lipinski definition) is 6. The van der Waals surface area contributed by atoms with E-state index in [0.29, 0.717) is 28.3 Å². The molecule has 0 aliphatic heterocycles. The van der Waals surface area contributed by atoms with Crippen LogP contribution < -0.4 is 25.4 Å². The first-order chi connectivity index (χ1) is 20.7. The molecule has 0 radical (unpaired) electrons. The molecular formula is C33H30IN3O5S. The van der Waals surface area contributed by atoms with Crippen LogP contribution in [0.1, 0.15) is 22.8 Å². The van der Waals surface area contributed by atoms with Crippen LogP contribution in [0.2, 0.25) is 0 Å². The van der Waals surface area contributed by atoms with Crippen molar-refractivity contribution in [1.82, 2.24) is 5.32 Å². The molecule has 1 atom stereocenters. The van der Waals surface area contributed by atoms with Gasteiger partial charge in [0.05, 0.1) is 19.5 Å². The molecular weight excluding hydrogens is 677 g/mol. The van der Waals surface area contributed by atoms with Crippen molar-refractivity contribution in [2.45, 2.75) is 17.1 Å². The van der Waals surface area contributed by atoms with Gasteiger partial charge in [-0.15, -0.1) is 11.8 Å². The van der Waals surface area contributed by atoms with Gasteiger partial charge in [-0.1, -0.05) is 24.3 Å². The van der Waals surface area contributed by atoms with Crippen molar-refractivity contribution in [2.75, 3.05) is 24.9 Å². The molecule has 3 amide bonds. The third kappa shape index (κ3) is 9.10. The molecule has 4 rings (SSSR count). The molecule has 0 heterocycles. The van der Waals surface area contributed by atoms with Crippen LogP contribution in [0, 0.1) is 3.57 Å². The normalized spacial score (nSPS) is 11.7. The number of carbonyl (C=O) groups excluding carboxylic acids is 3. The summed E-state index contributed by atoms with van der Waals surface area (Å²) in [6.45, 7) is 1.84. The fourth-order valence-corrected chi connectivity index (χ4v) is 5.13. The Morgan fingerprint density at radius 1 is 0.791 bits per heavy atom. The summed E-state index contributed by atoms with van der Waals surface area (Å²) >= 11 is 3.62. The van der Waals surface area contributed by atoms with Crippen molar-refractivity contribution in [1.29, 1.82) is 0 Å². The van der Waals surface area contributed by atoms with E-state index in [1.165, 1.54) is 26.0 Å². The van der Waals surface area contributed by atoms with Crippen LogP contribution in [0.15, 0.2) is 108 Å². The highest BCUT2D eigenvalue weighted by Gasteiger charge is 2.17. The Hall–Kier alpha value is -4.29. The highest BCUT2D eigenvalue weighted by molar-refractivity contribution is 14.1. The van der Waals surface area contributed by atoms with E-state index in [4.69, 9.17) is 9.47 Å². The minimum atomic E-state index is -0.510. The molecule has 10 heteroatoms. The first kappa shape index (κ1) is 31.6. The van der Waals surface area contributed by atoms with Gasteiger partial charge in [-0.25, -0.2) is 0 Å². The number of hydrogen-bond donors (Lipinski definition) is 3. The molecule has 4 aromatic rings. The van der Waals surface area contributed by atoms with E-state index in [1.54, 1.807) is 60.7 Å². The number of carbonyl (C=O) groups is 3. The third-order valence-corrected chi connectivity index (χ3v) is 7.98. The first-order valence-electron chi connectivity index (χ1n) is 13.2.